The zero-order valence-corrected chi connectivity index (χ0v) is 17.8. The van der Waals surface area contributed by atoms with Gasteiger partial charge in [0.1, 0.15) is 12.3 Å². The number of ether oxygens (including phenoxy) is 2. The lowest BCUT2D eigenvalue weighted by Gasteiger charge is -2.28. The van der Waals surface area contributed by atoms with Crippen molar-refractivity contribution in [1.82, 2.24) is 10.2 Å². The Hall–Kier alpha value is -3.35. The van der Waals surface area contributed by atoms with Gasteiger partial charge >= 0.3 is 5.97 Å². The number of nitrogens with one attached hydrogen (secondary N) is 1. The van der Waals surface area contributed by atoms with E-state index in [0.717, 1.165) is 24.8 Å². The predicted octanol–water partition coefficient (Wildman–Crippen LogP) is 2.72. The Balaban J connectivity index is 1.38. The van der Waals surface area contributed by atoms with E-state index < -0.39 is 11.9 Å². The first-order valence-corrected chi connectivity index (χ1v) is 10.6. The van der Waals surface area contributed by atoms with Crippen molar-refractivity contribution in [3.05, 3.63) is 65.2 Å². The number of hydrogen-bond acceptors (Lipinski definition) is 5. The van der Waals surface area contributed by atoms with E-state index >= 15 is 0 Å². The number of rotatable bonds is 9. The molecule has 0 unspecified atom stereocenters. The van der Waals surface area contributed by atoms with Crippen LogP contribution in [0.5, 0.6) is 5.75 Å². The van der Waals surface area contributed by atoms with Crippen LogP contribution in [0, 0.1) is 0 Å². The number of carbonyl (C=O) groups is 3. The number of esters is 1. The minimum atomic E-state index is -0.654. The van der Waals surface area contributed by atoms with Gasteiger partial charge in [-0.25, -0.2) is 0 Å². The molecule has 31 heavy (non-hydrogen) atoms. The molecule has 2 aromatic carbocycles. The van der Waals surface area contributed by atoms with Crippen molar-refractivity contribution in [3.8, 4) is 5.75 Å². The van der Waals surface area contributed by atoms with Crippen molar-refractivity contribution >= 4 is 17.8 Å². The third kappa shape index (κ3) is 6.57. The molecule has 0 bridgehead atoms. The Morgan fingerprint density at radius 1 is 1.03 bits per heavy atom. The van der Waals surface area contributed by atoms with E-state index in [2.05, 4.69) is 18.3 Å². The van der Waals surface area contributed by atoms with Crippen molar-refractivity contribution in [1.29, 1.82) is 0 Å². The minimum absolute atomic E-state index is 0.243. The van der Waals surface area contributed by atoms with Crippen LogP contribution in [0.4, 0.5) is 0 Å². The maximum absolute atomic E-state index is 12.3. The van der Waals surface area contributed by atoms with Gasteiger partial charge in [-0.2, -0.15) is 0 Å². The Morgan fingerprint density at radius 3 is 2.52 bits per heavy atom. The first-order chi connectivity index (χ1) is 15.1. The number of amides is 2. The van der Waals surface area contributed by atoms with Crippen molar-refractivity contribution in [2.24, 2.45) is 0 Å². The average Bonchev–Trinajstić information content (AvgIpc) is 2.81. The molecule has 0 radical (unpaired) electrons. The number of benzene rings is 2. The second-order valence-corrected chi connectivity index (χ2v) is 7.40. The molecule has 0 saturated carbocycles. The van der Waals surface area contributed by atoms with E-state index in [9.17, 15) is 14.4 Å². The molecule has 0 aromatic heterocycles. The van der Waals surface area contributed by atoms with Gasteiger partial charge in [-0.3, -0.25) is 14.4 Å². The molecule has 2 amide bonds. The Morgan fingerprint density at radius 2 is 1.77 bits per heavy atom. The molecule has 1 N–H and O–H groups in total. The maximum atomic E-state index is 12.3. The van der Waals surface area contributed by atoms with Gasteiger partial charge in [-0.05, 0) is 48.2 Å². The SMILES string of the molecule is CCCCOc1ccc(C(=O)NCC(=O)OCC(=O)N2CCc3ccccc3C2)cc1. The van der Waals surface area contributed by atoms with Crippen LogP contribution in [0.2, 0.25) is 0 Å². The van der Waals surface area contributed by atoms with Gasteiger partial charge in [0.15, 0.2) is 6.61 Å². The highest BCUT2D eigenvalue weighted by molar-refractivity contribution is 5.96. The van der Waals surface area contributed by atoms with Gasteiger partial charge in [-0.15, -0.1) is 0 Å². The lowest BCUT2D eigenvalue weighted by Crippen LogP contribution is -2.39. The molecule has 164 valence electrons. The van der Waals surface area contributed by atoms with Gasteiger partial charge < -0.3 is 19.7 Å². The van der Waals surface area contributed by atoms with Crippen LogP contribution in [0.25, 0.3) is 0 Å². The monoisotopic (exact) mass is 424 g/mol. The van der Waals surface area contributed by atoms with Crippen molar-refractivity contribution in [2.45, 2.75) is 32.7 Å². The highest BCUT2D eigenvalue weighted by Gasteiger charge is 2.21. The summed E-state index contributed by atoms with van der Waals surface area (Å²) in [7, 11) is 0. The highest BCUT2D eigenvalue weighted by atomic mass is 16.5. The average molecular weight is 424 g/mol. The second kappa shape index (κ2) is 11.2. The summed E-state index contributed by atoms with van der Waals surface area (Å²) in [6.45, 7) is 3.20. The quantitative estimate of drug-likeness (QED) is 0.494. The summed E-state index contributed by atoms with van der Waals surface area (Å²) in [6.07, 6.45) is 2.81. The van der Waals surface area contributed by atoms with E-state index in [1.54, 1.807) is 29.2 Å². The van der Waals surface area contributed by atoms with E-state index in [0.29, 0.717) is 31.0 Å². The molecule has 2 aromatic rings. The molecule has 0 aliphatic carbocycles. The van der Waals surface area contributed by atoms with Gasteiger partial charge in [0.2, 0.25) is 0 Å². The standard InChI is InChI=1S/C24H28N2O5/c1-2-3-14-30-21-10-8-19(9-11-21)24(29)25-15-23(28)31-17-22(27)26-13-12-18-6-4-5-7-20(18)16-26/h4-11H,2-3,12-17H2,1H3,(H,25,29). The summed E-state index contributed by atoms with van der Waals surface area (Å²) >= 11 is 0. The topological polar surface area (TPSA) is 84.9 Å². The number of unbranched alkanes of at least 4 members (excludes halogenated alkanes) is 1. The summed E-state index contributed by atoms with van der Waals surface area (Å²) in [5.41, 5.74) is 2.77. The number of carbonyl (C=O) groups excluding carboxylic acids is 3. The highest BCUT2D eigenvalue weighted by Crippen LogP contribution is 2.18. The van der Waals surface area contributed by atoms with Crippen LogP contribution in [0.3, 0.4) is 0 Å². The van der Waals surface area contributed by atoms with Crippen LogP contribution in [0.15, 0.2) is 48.5 Å². The van der Waals surface area contributed by atoms with Gasteiger partial charge in [0.05, 0.1) is 6.61 Å². The van der Waals surface area contributed by atoms with E-state index in [1.165, 1.54) is 5.56 Å². The predicted molar refractivity (Wildman–Crippen MR) is 116 cm³/mol. The second-order valence-electron chi connectivity index (χ2n) is 7.40. The zero-order valence-electron chi connectivity index (χ0n) is 17.8. The molecule has 0 fully saturated rings. The third-order valence-electron chi connectivity index (χ3n) is 5.12. The third-order valence-corrected chi connectivity index (χ3v) is 5.12. The number of hydrogen-bond donors (Lipinski definition) is 1. The molecule has 0 atom stereocenters. The van der Waals surface area contributed by atoms with Crippen LogP contribution < -0.4 is 10.1 Å². The summed E-state index contributed by atoms with van der Waals surface area (Å²) in [5, 5.41) is 2.51. The molecule has 0 spiro atoms. The van der Waals surface area contributed by atoms with Crippen molar-refractivity contribution in [3.63, 3.8) is 0 Å². The molecule has 1 aliphatic rings. The fraction of sp³-hybridized carbons (Fsp3) is 0.375. The summed E-state index contributed by atoms with van der Waals surface area (Å²) in [5.74, 6) is -0.592. The van der Waals surface area contributed by atoms with Crippen molar-refractivity contribution in [2.75, 3.05) is 26.3 Å². The summed E-state index contributed by atoms with van der Waals surface area (Å²) in [4.78, 5) is 38.2. The fourth-order valence-electron chi connectivity index (χ4n) is 3.28. The Kier molecular flexibility index (Phi) is 8.04. The lowest BCUT2D eigenvalue weighted by molar-refractivity contribution is -0.151. The summed E-state index contributed by atoms with van der Waals surface area (Å²) < 4.78 is 10.6. The van der Waals surface area contributed by atoms with Gasteiger partial charge in [-0.1, -0.05) is 37.6 Å². The molecule has 0 saturated heterocycles. The minimum Gasteiger partial charge on any atom is -0.494 e. The molecular formula is C24H28N2O5. The normalized spacial score (nSPS) is 12.6. The molecule has 3 rings (SSSR count). The van der Waals surface area contributed by atoms with Crippen LogP contribution in [-0.2, 0) is 27.3 Å². The number of nitrogens with zero attached hydrogens (tertiary/aromatic N) is 1. The molecule has 1 aliphatic heterocycles. The lowest BCUT2D eigenvalue weighted by atomic mass is 10.00. The van der Waals surface area contributed by atoms with Crippen molar-refractivity contribution < 1.29 is 23.9 Å². The van der Waals surface area contributed by atoms with Crippen LogP contribution in [0.1, 0.15) is 41.3 Å². The molecule has 7 heteroatoms. The maximum Gasteiger partial charge on any atom is 0.325 e. The zero-order chi connectivity index (χ0) is 22.1. The largest absolute Gasteiger partial charge is 0.494 e. The fourth-order valence-corrected chi connectivity index (χ4v) is 3.28. The first-order valence-electron chi connectivity index (χ1n) is 10.6. The number of fused-ring (bicyclic) bond motifs is 1. The Labute approximate surface area is 182 Å². The van der Waals surface area contributed by atoms with Gasteiger partial charge in [0, 0.05) is 18.7 Å². The Bertz CT molecular complexity index is 910. The van der Waals surface area contributed by atoms with Gasteiger partial charge in [0.25, 0.3) is 11.8 Å². The summed E-state index contributed by atoms with van der Waals surface area (Å²) in [6, 6.07) is 14.7. The smallest absolute Gasteiger partial charge is 0.325 e. The molecular weight excluding hydrogens is 396 g/mol. The van der Waals surface area contributed by atoms with E-state index in [4.69, 9.17) is 9.47 Å². The van der Waals surface area contributed by atoms with E-state index in [1.807, 2.05) is 18.2 Å². The van der Waals surface area contributed by atoms with Crippen LogP contribution in [-0.4, -0.2) is 49.0 Å². The first kappa shape index (κ1) is 22.3. The van der Waals surface area contributed by atoms with Crippen LogP contribution >= 0.6 is 0 Å². The molecule has 7 nitrogen and oxygen atoms in total. The van der Waals surface area contributed by atoms with E-state index in [-0.39, 0.29) is 19.1 Å². The molecule has 1 heterocycles.